The number of hydrogen-bond acceptors (Lipinski definition) is 5. The number of benzene rings is 2. The fourth-order valence-corrected chi connectivity index (χ4v) is 2.54. The van der Waals surface area contributed by atoms with E-state index < -0.39 is 11.7 Å². The van der Waals surface area contributed by atoms with Gasteiger partial charge in [0.15, 0.2) is 5.82 Å². The summed E-state index contributed by atoms with van der Waals surface area (Å²) in [6, 6.07) is 19.1. The highest BCUT2D eigenvalue weighted by molar-refractivity contribution is 5.79. The van der Waals surface area contributed by atoms with Crippen molar-refractivity contribution in [3.05, 3.63) is 88.1 Å². The van der Waals surface area contributed by atoms with E-state index in [4.69, 9.17) is 4.74 Å². The number of ether oxygens (including phenoxy) is 1. The summed E-state index contributed by atoms with van der Waals surface area (Å²) in [6.07, 6.45) is 2.00. The molecule has 2 aromatic carbocycles. The van der Waals surface area contributed by atoms with Crippen LogP contribution in [-0.2, 0) is 22.5 Å². The molecule has 0 radical (unpaired) electrons. The van der Waals surface area contributed by atoms with Crippen molar-refractivity contribution >= 4 is 12.2 Å². The summed E-state index contributed by atoms with van der Waals surface area (Å²) >= 11 is 0. The van der Waals surface area contributed by atoms with Gasteiger partial charge >= 0.3 is 11.7 Å². The molecule has 138 valence electrons. The summed E-state index contributed by atoms with van der Waals surface area (Å²) in [7, 11) is 0. The average molecular weight is 364 g/mol. The van der Waals surface area contributed by atoms with Crippen LogP contribution in [0.25, 0.3) is 0 Å². The summed E-state index contributed by atoms with van der Waals surface area (Å²) in [5.74, 6) is -0.0646. The molecular formula is C20H20N4O3. The van der Waals surface area contributed by atoms with E-state index in [1.807, 2.05) is 60.7 Å². The van der Waals surface area contributed by atoms with E-state index in [9.17, 15) is 9.59 Å². The van der Waals surface area contributed by atoms with Crippen LogP contribution >= 0.6 is 0 Å². The van der Waals surface area contributed by atoms with Crippen molar-refractivity contribution in [2.24, 2.45) is 5.10 Å². The minimum Gasteiger partial charge on any atom is -0.465 e. The highest BCUT2D eigenvalue weighted by Gasteiger charge is 2.16. The molecule has 7 nitrogen and oxygen atoms in total. The number of nitrogens with zero attached hydrogens (tertiary/aromatic N) is 4. The van der Waals surface area contributed by atoms with Crippen molar-refractivity contribution in [2.75, 3.05) is 6.61 Å². The molecule has 0 aliphatic heterocycles. The molecule has 0 aliphatic carbocycles. The van der Waals surface area contributed by atoms with E-state index in [0.29, 0.717) is 12.2 Å². The van der Waals surface area contributed by atoms with Crippen molar-refractivity contribution in [1.29, 1.82) is 0 Å². The van der Waals surface area contributed by atoms with Crippen LogP contribution in [0.4, 0.5) is 0 Å². The first-order valence-electron chi connectivity index (χ1n) is 8.65. The van der Waals surface area contributed by atoms with Crippen LogP contribution in [0.5, 0.6) is 0 Å². The Bertz CT molecular complexity index is 975. The molecule has 0 amide bonds. The Morgan fingerprint density at radius 3 is 2.44 bits per heavy atom. The first-order chi connectivity index (χ1) is 13.2. The Hall–Kier alpha value is -3.48. The molecule has 0 saturated heterocycles. The molecule has 0 saturated carbocycles. The van der Waals surface area contributed by atoms with Gasteiger partial charge in [0, 0.05) is 6.42 Å². The van der Waals surface area contributed by atoms with Crippen LogP contribution in [0, 0.1) is 0 Å². The maximum atomic E-state index is 12.7. The van der Waals surface area contributed by atoms with E-state index in [1.165, 1.54) is 4.68 Å². The topological polar surface area (TPSA) is 78.5 Å². The standard InChI is InChI=1S/C20H20N4O3/c1-2-27-19(25)15-23-20(26)24(21-14-17-11-7-4-8-12-17)18(22-23)13-16-9-5-3-6-10-16/h3-12,14H,2,13,15H2,1H3. The van der Waals surface area contributed by atoms with Gasteiger partial charge in [0.05, 0.1) is 12.8 Å². The first kappa shape index (κ1) is 18.3. The molecule has 1 aromatic heterocycles. The predicted molar refractivity (Wildman–Crippen MR) is 102 cm³/mol. The lowest BCUT2D eigenvalue weighted by Crippen LogP contribution is -2.27. The molecule has 0 atom stereocenters. The third-order valence-corrected chi connectivity index (χ3v) is 3.79. The van der Waals surface area contributed by atoms with Crippen molar-refractivity contribution < 1.29 is 9.53 Å². The lowest BCUT2D eigenvalue weighted by atomic mass is 10.1. The zero-order valence-electron chi connectivity index (χ0n) is 15.0. The minimum absolute atomic E-state index is 0.247. The summed E-state index contributed by atoms with van der Waals surface area (Å²) in [5.41, 5.74) is 1.36. The van der Waals surface area contributed by atoms with Crippen LogP contribution in [0.2, 0.25) is 0 Å². The Balaban J connectivity index is 1.95. The van der Waals surface area contributed by atoms with Crippen LogP contribution in [0.3, 0.4) is 0 Å². The summed E-state index contributed by atoms with van der Waals surface area (Å²) in [5, 5.41) is 8.58. The average Bonchev–Trinajstić information content (AvgIpc) is 2.96. The van der Waals surface area contributed by atoms with Crippen molar-refractivity contribution in [3.8, 4) is 0 Å². The highest BCUT2D eigenvalue weighted by atomic mass is 16.5. The monoisotopic (exact) mass is 364 g/mol. The van der Waals surface area contributed by atoms with Crippen LogP contribution < -0.4 is 5.69 Å². The smallest absolute Gasteiger partial charge is 0.367 e. The number of aromatic nitrogens is 3. The number of carbonyl (C=O) groups excluding carboxylic acids is 1. The van der Waals surface area contributed by atoms with Crippen LogP contribution in [0.1, 0.15) is 23.9 Å². The van der Waals surface area contributed by atoms with Gasteiger partial charge in [0.25, 0.3) is 0 Å². The van der Waals surface area contributed by atoms with Gasteiger partial charge < -0.3 is 4.74 Å². The maximum Gasteiger partial charge on any atom is 0.367 e. The molecule has 0 N–H and O–H groups in total. The second kappa shape index (κ2) is 8.75. The van der Waals surface area contributed by atoms with E-state index >= 15 is 0 Å². The molecule has 7 heteroatoms. The van der Waals surface area contributed by atoms with Gasteiger partial charge in [-0.25, -0.2) is 9.48 Å². The van der Waals surface area contributed by atoms with Crippen molar-refractivity contribution in [2.45, 2.75) is 19.9 Å². The predicted octanol–water partition coefficient (Wildman–Crippen LogP) is 2.08. The quantitative estimate of drug-likeness (QED) is 0.475. The van der Waals surface area contributed by atoms with E-state index in [-0.39, 0.29) is 13.2 Å². The number of rotatable bonds is 7. The van der Waals surface area contributed by atoms with Gasteiger partial charge in [-0.15, -0.1) is 0 Å². The fourth-order valence-electron chi connectivity index (χ4n) is 2.54. The molecule has 3 rings (SSSR count). The van der Waals surface area contributed by atoms with Crippen molar-refractivity contribution in [3.63, 3.8) is 0 Å². The van der Waals surface area contributed by atoms with Gasteiger partial charge in [-0.05, 0) is 18.1 Å². The van der Waals surface area contributed by atoms with Crippen LogP contribution in [0.15, 0.2) is 70.6 Å². The zero-order chi connectivity index (χ0) is 19.1. The minimum atomic E-state index is -0.512. The summed E-state index contributed by atoms with van der Waals surface area (Å²) < 4.78 is 7.21. The normalized spacial score (nSPS) is 11.0. The second-order valence-electron chi connectivity index (χ2n) is 5.79. The molecule has 0 spiro atoms. The zero-order valence-corrected chi connectivity index (χ0v) is 15.0. The third-order valence-electron chi connectivity index (χ3n) is 3.79. The number of esters is 1. The Kier molecular flexibility index (Phi) is 5.94. The van der Waals surface area contributed by atoms with E-state index in [2.05, 4.69) is 10.2 Å². The van der Waals surface area contributed by atoms with Gasteiger partial charge in [-0.2, -0.15) is 14.9 Å². The Morgan fingerprint density at radius 1 is 1.11 bits per heavy atom. The van der Waals surface area contributed by atoms with Gasteiger partial charge in [-0.3, -0.25) is 4.79 Å². The molecular weight excluding hydrogens is 344 g/mol. The Morgan fingerprint density at radius 2 is 1.78 bits per heavy atom. The maximum absolute atomic E-state index is 12.7. The molecule has 0 aliphatic rings. The van der Waals surface area contributed by atoms with E-state index in [0.717, 1.165) is 15.8 Å². The second-order valence-corrected chi connectivity index (χ2v) is 5.79. The van der Waals surface area contributed by atoms with E-state index in [1.54, 1.807) is 13.1 Å². The molecule has 0 fully saturated rings. The number of carbonyl (C=O) groups is 1. The van der Waals surface area contributed by atoms with Crippen molar-refractivity contribution in [1.82, 2.24) is 14.5 Å². The molecule has 0 unspecified atom stereocenters. The fraction of sp³-hybridized carbons (Fsp3) is 0.200. The Labute approximate surface area is 156 Å². The molecule has 1 heterocycles. The first-order valence-corrected chi connectivity index (χ1v) is 8.65. The van der Waals surface area contributed by atoms with Gasteiger partial charge in [-0.1, -0.05) is 60.7 Å². The van der Waals surface area contributed by atoms with Crippen LogP contribution in [-0.4, -0.2) is 33.2 Å². The highest BCUT2D eigenvalue weighted by Crippen LogP contribution is 2.06. The lowest BCUT2D eigenvalue weighted by Gasteiger charge is -2.00. The SMILES string of the molecule is CCOC(=O)Cn1nc(Cc2ccccc2)n(N=Cc2ccccc2)c1=O. The third kappa shape index (κ3) is 4.78. The largest absolute Gasteiger partial charge is 0.465 e. The molecule has 3 aromatic rings. The summed E-state index contributed by atoms with van der Waals surface area (Å²) in [6.45, 7) is 1.71. The number of hydrogen-bond donors (Lipinski definition) is 0. The van der Waals surface area contributed by atoms with Gasteiger partial charge in [0.2, 0.25) is 0 Å². The summed E-state index contributed by atoms with van der Waals surface area (Å²) in [4.78, 5) is 24.4. The molecule has 0 bridgehead atoms. The lowest BCUT2D eigenvalue weighted by molar-refractivity contribution is -0.144. The molecule has 27 heavy (non-hydrogen) atoms. The van der Waals surface area contributed by atoms with Gasteiger partial charge in [0.1, 0.15) is 6.54 Å².